The molecule has 1 aromatic carbocycles. The summed E-state index contributed by atoms with van der Waals surface area (Å²) < 4.78 is 1.93. The standard InChI is InChI=1S/C20H19N3O2/c24-19-8-4-10-23(19)18-7-3-5-15(11-18)13-21-20(25)16-12-17-6-1-2-9-22(17)14-16/h1-3,5-7,9,11-12,14H,4,8,10,13H2,(H,21,25). The molecular weight excluding hydrogens is 314 g/mol. The summed E-state index contributed by atoms with van der Waals surface area (Å²) in [6, 6.07) is 15.5. The Bertz CT molecular complexity index is 912. The second-order valence-electron chi connectivity index (χ2n) is 6.26. The third-order valence-electron chi connectivity index (χ3n) is 4.52. The molecule has 1 aliphatic heterocycles. The molecule has 1 aliphatic rings. The molecule has 2 aromatic heterocycles. The average Bonchev–Trinajstić information content (AvgIpc) is 3.26. The minimum Gasteiger partial charge on any atom is -0.348 e. The summed E-state index contributed by atoms with van der Waals surface area (Å²) in [5, 5.41) is 2.95. The molecule has 1 saturated heterocycles. The third kappa shape index (κ3) is 3.13. The van der Waals surface area contributed by atoms with Gasteiger partial charge in [-0.25, -0.2) is 0 Å². The number of nitrogens with one attached hydrogen (secondary N) is 1. The van der Waals surface area contributed by atoms with Crippen LogP contribution in [0.4, 0.5) is 5.69 Å². The highest BCUT2D eigenvalue weighted by Crippen LogP contribution is 2.22. The zero-order valence-corrected chi connectivity index (χ0v) is 13.8. The first-order valence-electron chi connectivity index (χ1n) is 8.45. The minimum absolute atomic E-state index is 0.105. The van der Waals surface area contributed by atoms with E-state index < -0.39 is 0 Å². The fourth-order valence-corrected chi connectivity index (χ4v) is 3.22. The first-order valence-corrected chi connectivity index (χ1v) is 8.45. The molecule has 1 N–H and O–H groups in total. The third-order valence-corrected chi connectivity index (χ3v) is 4.52. The van der Waals surface area contributed by atoms with Crippen molar-refractivity contribution in [3.05, 3.63) is 72.1 Å². The van der Waals surface area contributed by atoms with Crippen LogP contribution in [0, 0.1) is 0 Å². The summed E-state index contributed by atoms with van der Waals surface area (Å²) in [6.45, 7) is 1.20. The van der Waals surface area contributed by atoms with Gasteiger partial charge in [-0.2, -0.15) is 0 Å². The number of carbonyl (C=O) groups is 2. The monoisotopic (exact) mass is 333 g/mol. The predicted octanol–water partition coefficient (Wildman–Crippen LogP) is 3.00. The molecule has 0 aliphatic carbocycles. The van der Waals surface area contributed by atoms with Crippen molar-refractivity contribution in [3.8, 4) is 0 Å². The van der Waals surface area contributed by atoms with Gasteiger partial charge in [-0.3, -0.25) is 9.59 Å². The summed E-state index contributed by atoms with van der Waals surface area (Å²) in [5.41, 5.74) is 3.51. The number of hydrogen-bond donors (Lipinski definition) is 1. The van der Waals surface area contributed by atoms with Gasteiger partial charge in [-0.15, -0.1) is 0 Å². The Morgan fingerprint density at radius 3 is 2.84 bits per heavy atom. The van der Waals surface area contributed by atoms with Crippen LogP contribution >= 0.6 is 0 Å². The van der Waals surface area contributed by atoms with E-state index in [1.807, 2.05) is 70.2 Å². The van der Waals surface area contributed by atoms with Crippen LogP contribution in [0.2, 0.25) is 0 Å². The molecule has 0 spiro atoms. The van der Waals surface area contributed by atoms with Crippen LogP contribution in [-0.2, 0) is 11.3 Å². The largest absolute Gasteiger partial charge is 0.348 e. The van der Waals surface area contributed by atoms with Crippen molar-refractivity contribution < 1.29 is 9.59 Å². The molecule has 3 aromatic rings. The first-order chi connectivity index (χ1) is 12.2. The first kappa shape index (κ1) is 15.4. The van der Waals surface area contributed by atoms with Crippen molar-refractivity contribution in [2.75, 3.05) is 11.4 Å². The second-order valence-corrected chi connectivity index (χ2v) is 6.26. The van der Waals surface area contributed by atoms with E-state index in [4.69, 9.17) is 0 Å². The lowest BCUT2D eigenvalue weighted by Crippen LogP contribution is -2.25. The highest BCUT2D eigenvalue weighted by atomic mass is 16.2. The van der Waals surface area contributed by atoms with Crippen LogP contribution in [0.5, 0.6) is 0 Å². The number of anilines is 1. The molecule has 3 heterocycles. The number of fused-ring (bicyclic) bond motifs is 1. The lowest BCUT2D eigenvalue weighted by atomic mass is 10.2. The van der Waals surface area contributed by atoms with Gasteiger partial charge in [-0.1, -0.05) is 18.2 Å². The molecule has 5 nitrogen and oxygen atoms in total. The Morgan fingerprint density at radius 2 is 2.04 bits per heavy atom. The van der Waals surface area contributed by atoms with E-state index in [2.05, 4.69) is 5.32 Å². The molecule has 0 unspecified atom stereocenters. The SMILES string of the molecule is O=C(NCc1cccc(N2CCCC2=O)c1)c1cc2ccccn2c1. The fourth-order valence-electron chi connectivity index (χ4n) is 3.22. The van der Waals surface area contributed by atoms with E-state index in [-0.39, 0.29) is 11.8 Å². The van der Waals surface area contributed by atoms with E-state index >= 15 is 0 Å². The number of aromatic nitrogens is 1. The van der Waals surface area contributed by atoms with E-state index in [0.29, 0.717) is 18.5 Å². The fraction of sp³-hybridized carbons (Fsp3) is 0.200. The molecule has 1 fully saturated rings. The summed E-state index contributed by atoms with van der Waals surface area (Å²) in [5.74, 6) is 0.0630. The molecule has 4 rings (SSSR count). The molecule has 5 heteroatoms. The zero-order chi connectivity index (χ0) is 17.2. The van der Waals surface area contributed by atoms with Crippen LogP contribution in [0.15, 0.2) is 60.9 Å². The summed E-state index contributed by atoms with van der Waals surface area (Å²) in [4.78, 5) is 26.1. The molecule has 0 saturated carbocycles. The normalized spacial score (nSPS) is 14.2. The second kappa shape index (κ2) is 6.43. The summed E-state index contributed by atoms with van der Waals surface area (Å²) in [7, 11) is 0. The number of amides is 2. The molecular formula is C20H19N3O2. The molecule has 126 valence electrons. The van der Waals surface area contributed by atoms with Crippen molar-refractivity contribution in [3.63, 3.8) is 0 Å². The van der Waals surface area contributed by atoms with Gasteiger partial charge in [-0.05, 0) is 42.3 Å². The van der Waals surface area contributed by atoms with Gasteiger partial charge in [0.1, 0.15) is 0 Å². The highest BCUT2D eigenvalue weighted by molar-refractivity contribution is 5.96. The van der Waals surface area contributed by atoms with Crippen LogP contribution < -0.4 is 10.2 Å². The van der Waals surface area contributed by atoms with E-state index in [9.17, 15) is 9.59 Å². The van der Waals surface area contributed by atoms with Crippen molar-refractivity contribution in [2.24, 2.45) is 0 Å². The Hall–Kier alpha value is -3.08. The van der Waals surface area contributed by atoms with Gasteiger partial charge in [0.15, 0.2) is 0 Å². The molecule has 0 bridgehead atoms. The van der Waals surface area contributed by atoms with Crippen molar-refractivity contribution in [1.29, 1.82) is 0 Å². The van der Waals surface area contributed by atoms with Crippen molar-refractivity contribution in [2.45, 2.75) is 19.4 Å². The molecule has 0 radical (unpaired) electrons. The Labute approximate surface area is 145 Å². The van der Waals surface area contributed by atoms with Crippen LogP contribution in [0.25, 0.3) is 5.52 Å². The van der Waals surface area contributed by atoms with E-state index in [1.54, 1.807) is 0 Å². The number of nitrogens with zero attached hydrogens (tertiary/aromatic N) is 2. The van der Waals surface area contributed by atoms with Gasteiger partial charge in [0.05, 0.1) is 5.56 Å². The number of benzene rings is 1. The maximum absolute atomic E-state index is 12.4. The minimum atomic E-state index is -0.105. The number of hydrogen-bond acceptors (Lipinski definition) is 2. The van der Waals surface area contributed by atoms with E-state index in [0.717, 1.165) is 29.7 Å². The molecule has 25 heavy (non-hydrogen) atoms. The lowest BCUT2D eigenvalue weighted by Gasteiger charge is -2.16. The number of carbonyl (C=O) groups excluding carboxylic acids is 2. The quantitative estimate of drug-likeness (QED) is 0.798. The molecule has 2 amide bonds. The maximum atomic E-state index is 12.4. The summed E-state index contributed by atoms with van der Waals surface area (Å²) in [6.07, 6.45) is 5.26. The summed E-state index contributed by atoms with van der Waals surface area (Å²) >= 11 is 0. The Kier molecular flexibility index (Phi) is 3.98. The van der Waals surface area contributed by atoms with Gasteiger partial charge in [0, 0.05) is 43.1 Å². The van der Waals surface area contributed by atoms with Crippen LogP contribution in [0.1, 0.15) is 28.8 Å². The van der Waals surface area contributed by atoms with Crippen molar-refractivity contribution in [1.82, 2.24) is 9.72 Å². The number of pyridine rings is 1. The van der Waals surface area contributed by atoms with Crippen LogP contribution in [-0.4, -0.2) is 22.8 Å². The predicted molar refractivity (Wildman–Crippen MR) is 96.6 cm³/mol. The average molecular weight is 333 g/mol. The molecule has 0 atom stereocenters. The lowest BCUT2D eigenvalue weighted by molar-refractivity contribution is -0.117. The maximum Gasteiger partial charge on any atom is 0.253 e. The Morgan fingerprint density at radius 1 is 1.12 bits per heavy atom. The van der Waals surface area contributed by atoms with Gasteiger partial charge < -0.3 is 14.6 Å². The zero-order valence-electron chi connectivity index (χ0n) is 13.8. The van der Waals surface area contributed by atoms with E-state index in [1.165, 1.54) is 0 Å². The Balaban J connectivity index is 1.45. The van der Waals surface area contributed by atoms with Gasteiger partial charge >= 0.3 is 0 Å². The van der Waals surface area contributed by atoms with Gasteiger partial charge in [0.2, 0.25) is 5.91 Å². The smallest absolute Gasteiger partial charge is 0.253 e. The van der Waals surface area contributed by atoms with Crippen LogP contribution in [0.3, 0.4) is 0 Å². The van der Waals surface area contributed by atoms with Gasteiger partial charge in [0.25, 0.3) is 5.91 Å². The topological polar surface area (TPSA) is 53.8 Å². The van der Waals surface area contributed by atoms with Crippen molar-refractivity contribution >= 4 is 23.0 Å². The number of rotatable bonds is 4. The highest BCUT2D eigenvalue weighted by Gasteiger charge is 2.21.